The average molecular weight is 295 g/mol. The van der Waals surface area contributed by atoms with Crippen molar-refractivity contribution in [2.75, 3.05) is 0 Å². The number of halogens is 1. The van der Waals surface area contributed by atoms with E-state index in [-0.39, 0.29) is 5.69 Å². The van der Waals surface area contributed by atoms with Crippen LogP contribution in [0.3, 0.4) is 0 Å². The third kappa shape index (κ3) is 3.47. The third-order valence-corrected chi connectivity index (χ3v) is 3.87. The molecule has 0 amide bonds. The number of nitrogens with zero attached hydrogens (tertiary/aromatic N) is 1. The lowest BCUT2D eigenvalue weighted by Gasteiger charge is -2.07. The highest BCUT2D eigenvalue weighted by atomic mass is 35.5. The summed E-state index contributed by atoms with van der Waals surface area (Å²) in [6.45, 7) is 0.423. The first kappa shape index (κ1) is 13.9. The zero-order valence-electron chi connectivity index (χ0n) is 9.88. The van der Waals surface area contributed by atoms with Gasteiger partial charge in [0.15, 0.2) is 0 Å². The summed E-state index contributed by atoms with van der Waals surface area (Å²) < 4.78 is 0. The largest absolute Gasteiger partial charge is 0.326 e. The molecular formula is C13H11ClN2O2S. The van der Waals surface area contributed by atoms with Gasteiger partial charge in [-0.25, -0.2) is 0 Å². The van der Waals surface area contributed by atoms with E-state index in [4.69, 9.17) is 17.3 Å². The van der Waals surface area contributed by atoms with Crippen LogP contribution in [-0.4, -0.2) is 4.92 Å². The molecule has 0 aliphatic carbocycles. The molecule has 0 radical (unpaired) electrons. The van der Waals surface area contributed by atoms with Gasteiger partial charge in [-0.2, -0.15) is 0 Å². The molecular weight excluding hydrogens is 284 g/mol. The standard InChI is InChI=1S/C13H11ClN2O2S/c14-10-2-1-9(8-15)13(7-10)19-12-5-3-11(4-6-12)16(17)18/h1-7H,8,15H2. The van der Waals surface area contributed by atoms with Gasteiger partial charge < -0.3 is 5.73 Å². The predicted octanol–water partition coefficient (Wildman–Crippen LogP) is 3.86. The number of nitrogens with two attached hydrogens (primary N) is 1. The van der Waals surface area contributed by atoms with E-state index in [0.717, 1.165) is 15.4 Å². The lowest BCUT2D eigenvalue weighted by atomic mass is 10.2. The van der Waals surface area contributed by atoms with Crippen LogP contribution in [0, 0.1) is 10.1 Å². The van der Waals surface area contributed by atoms with Gasteiger partial charge in [0.05, 0.1) is 4.92 Å². The molecule has 6 heteroatoms. The van der Waals surface area contributed by atoms with Crippen LogP contribution < -0.4 is 5.73 Å². The van der Waals surface area contributed by atoms with Crippen LogP contribution in [0.2, 0.25) is 5.02 Å². The van der Waals surface area contributed by atoms with Crippen LogP contribution >= 0.6 is 23.4 Å². The fourth-order valence-electron chi connectivity index (χ4n) is 1.55. The monoisotopic (exact) mass is 294 g/mol. The summed E-state index contributed by atoms with van der Waals surface area (Å²) in [6.07, 6.45) is 0. The summed E-state index contributed by atoms with van der Waals surface area (Å²) in [5, 5.41) is 11.2. The fraction of sp³-hybridized carbons (Fsp3) is 0.0769. The maximum atomic E-state index is 10.6. The molecule has 98 valence electrons. The Kier molecular flexibility index (Phi) is 4.42. The number of benzene rings is 2. The van der Waals surface area contributed by atoms with Crippen LogP contribution in [0.25, 0.3) is 0 Å². The van der Waals surface area contributed by atoms with Crippen LogP contribution in [0.15, 0.2) is 52.3 Å². The van der Waals surface area contributed by atoms with Crippen molar-refractivity contribution >= 4 is 29.1 Å². The number of nitro benzene ring substituents is 1. The Balaban J connectivity index is 2.25. The molecule has 0 spiro atoms. The quantitative estimate of drug-likeness (QED) is 0.687. The Labute approximate surface area is 119 Å². The van der Waals surface area contributed by atoms with Gasteiger partial charge in [0, 0.05) is 33.5 Å². The molecule has 2 aromatic carbocycles. The molecule has 0 unspecified atom stereocenters. The second kappa shape index (κ2) is 6.06. The summed E-state index contributed by atoms with van der Waals surface area (Å²) in [4.78, 5) is 12.0. The minimum Gasteiger partial charge on any atom is -0.326 e. The molecule has 0 aliphatic rings. The highest BCUT2D eigenvalue weighted by molar-refractivity contribution is 7.99. The van der Waals surface area contributed by atoms with Crippen LogP contribution in [0.4, 0.5) is 5.69 Å². The van der Waals surface area contributed by atoms with E-state index in [9.17, 15) is 10.1 Å². The Morgan fingerprint density at radius 1 is 1.21 bits per heavy atom. The van der Waals surface area contributed by atoms with E-state index in [1.165, 1.54) is 23.9 Å². The van der Waals surface area contributed by atoms with Gasteiger partial charge >= 0.3 is 0 Å². The van der Waals surface area contributed by atoms with Gasteiger partial charge in [0.1, 0.15) is 0 Å². The van der Waals surface area contributed by atoms with Crippen molar-refractivity contribution in [1.29, 1.82) is 0 Å². The molecule has 2 N–H and O–H groups in total. The second-order valence-electron chi connectivity index (χ2n) is 3.81. The first-order valence-corrected chi connectivity index (χ1v) is 6.70. The Hall–Kier alpha value is -1.56. The Bertz CT molecular complexity index is 602. The maximum absolute atomic E-state index is 10.6. The van der Waals surface area contributed by atoms with E-state index in [1.54, 1.807) is 18.2 Å². The first-order valence-electron chi connectivity index (χ1n) is 5.51. The number of hydrogen-bond acceptors (Lipinski definition) is 4. The van der Waals surface area contributed by atoms with E-state index in [1.807, 2.05) is 12.1 Å². The van der Waals surface area contributed by atoms with Crippen molar-refractivity contribution in [2.45, 2.75) is 16.3 Å². The average Bonchev–Trinajstić information content (AvgIpc) is 2.39. The van der Waals surface area contributed by atoms with Crippen molar-refractivity contribution in [3.63, 3.8) is 0 Å². The van der Waals surface area contributed by atoms with E-state index >= 15 is 0 Å². The first-order chi connectivity index (χ1) is 9.10. The zero-order chi connectivity index (χ0) is 13.8. The Morgan fingerprint density at radius 2 is 1.89 bits per heavy atom. The van der Waals surface area contributed by atoms with E-state index in [2.05, 4.69) is 0 Å². The molecule has 0 aromatic heterocycles. The summed E-state index contributed by atoms with van der Waals surface area (Å²) in [6, 6.07) is 11.9. The van der Waals surface area contributed by atoms with Crippen LogP contribution in [0.5, 0.6) is 0 Å². The molecule has 19 heavy (non-hydrogen) atoms. The maximum Gasteiger partial charge on any atom is 0.269 e. The van der Waals surface area contributed by atoms with Crippen molar-refractivity contribution in [3.05, 3.63) is 63.2 Å². The summed E-state index contributed by atoms with van der Waals surface area (Å²) in [7, 11) is 0. The lowest BCUT2D eigenvalue weighted by Crippen LogP contribution is -1.98. The van der Waals surface area contributed by atoms with Gasteiger partial charge in [-0.15, -0.1) is 0 Å². The highest BCUT2D eigenvalue weighted by Gasteiger charge is 2.07. The topological polar surface area (TPSA) is 69.2 Å². The van der Waals surface area contributed by atoms with E-state index < -0.39 is 4.92 Å². The molecule has 0 aliphatic heterocycles. The molecule has 4 nitrogen and oxygen atoms in total. The number of non-ortho nitro benzene ring substituents is 1. The number of hydrogen-bond donors (Lipinski definition) is 1. The minimum absolute atomic E-state index is 0.0782. The van der Waals surface area contributed by atoms with Crippen LogP contribution in [0.1, 0.15) is 5.56 Å². The van der Waals surface area contributed by atoms with Crippen LogP contribution in [-0.2, 0) is 6.54 Å². The number of nitro groups is 1. The molecule has 2 aromatic rings. The molecule has 0 bridgehead atoms. The van der Waals surface area contributed by atoms with Gasteiger partial charge in [0.2, 0.25) is 0 Å². The van der Waals surface area contributed by atoms with Crippen molar-refractivity contribution in [1.82, 2.24) is 0 Å². The third-order valence-electron chi connectivity index (χ3n) is 2.52. The van der Waals surface area contributed by atoms with E-state index in [0.29, 0.717) is 11.6 Å². The normalized spacial score (nSPS) is 10.4. The van der Waals surface area contributed by atoms with Crippen molar-refractivity contribution < 1.29 is 4.92 Å². The van der Waals surface area contributed by atoms with Gasteiger partial charge in [-0.05, 0) is 29.8 Å². The highest BCUT2D eigenvalue weighted by Crippen LogP contribution is 2.33. The second-order valence-corrected chi connectivity index (χ2v) is 5.36. The number of rotatable bonds is 4. The molecule has 0 heterocycles. The minimum atomic E-state index is -0.418. The molecule has 2 rings (SSSR count). The summed E-state index contributed by atoms with van der Waals surface area (Å²) in [5.74, 6) is 0. The van der Waals surface area contributed by atoms with Crippen molar-refractivity contribution in [3.8, 4) is 0 Å². The Morgan fingerprint density at radius 3 is 2.47 bits per heavy atom. The van der Waals surface area contributed by atoms with Crippen molar-refractivity contribution in [2.24, 2.45) is 5.73 Å². The summed E-state index contributed by atoms with van der Waals surface area (Å²) >= 11 is 7.45. The molecule has 0 saturated carbocycles. The predicted molar refractivity (Wildman–Crippen MR) is 76.6 cm³/mol. The molecule has 0 saturated heterocycles. The smallest absolute Gasteiger partial charge is 0.269 e. The zero-order valence-corrected chi connectivity index (χ0v) is 11.4. The molecule has 0 atom stereocenters. The SMILES string of the molecule is NCc1ccc(Cl)cc1Sc1ccc([N+](=O)[O-])cc1. The lowest BCUT2D eigenvalue weighted by molar-refractivity contribution is -0.384. The summed E-state index contributed by atoms with van der Waals surface area (Å²) in [5.41, 5.74) is 6.74. The van der Waals surface area contributed by atoms with Gasteiger partial charge in [-0.3, -0.25) is 10.1 Å². The van der Waals surface area contributed by atoms with Gasteiger partial charge in [-0.1, -0.05) is 29.4 Å². The fourth-order valence-corrected chi connectivity index (χ4v) is 2.79. The van der Waals surface area contributed by atoms with Gasteiger partial charge in [0.25, 0.3) is 5.69 Å². The molecule has 0 fully saturated rings.